The second-order valence-corrected chi connectivity index (χ2v) is 12.2. The van der Waals surface area contributed by atoms with Gasteiger partial charge >= 0.3 is 0 Å². The van der Waals surface area contributed by atoms with E-state index in [1.807, 2.05) is 60.7 Å². The summed E-state index contributed by atoms with van der Waals surface area (Å²) in [7, 11) is 0. The second-order valence-electron chi connectivity index (χ2n) is 12.2. The summed E-state index contributed by atoms with van der Waals surface area (Å²) in [5, 5.41) is 10.3. The zero-order valence-electron chi connectivity index (χ0n) is 25.6. The van der Waals surface area contributed by atoms with Crippen molar-refractivity contribution in [3.8, 4) is 73.7 Å². The average Bonchev–Trinajstić information content (AvgIpc) is 3.42. The highest BCUT2D eigenvalue weighted by atomic mass is 16.5. The third kappa shape index (κ3) is 4.14. The molecule has 4 nitrogen and oxygen atoms in total. The molecule has 1 unspecified atom stereocenters. The van der Waals surface area contributed by atoms with Gasteiger partial charge in [0.2, 0.25) is 0 Å². The zero-order valence-corrected chi connectivity index (χ0v) is 25.6. The van der Waals surface area contributed by atoms with Crippen LogP contribution in [0.3, 0.4) is 0 Å². The van der Waals surface area contributed by atoms with Crippen molar-refractivity contribution < 1.29 is 4.74 Å². The van der Waals surface area contributed by atoms with Gasteiger partial charge in [-0.05, 0) is 65.6 Å². The Morgan fingerprint density at radius 3 is 1.98 bits per heavy atom. The molecule has 0 saturated carbocycles. The molecule has 1 aliphatic heterocycles. The number of benzene rings is 6. The summed E-state index contributed by atoms with van der Waals surface area (Å²) in [4.78, 5) is 10.2. The van der Waals surface area contributed by atoms with Gasteiger partial charge in [-0.25, -0.2) is 9.97 Å². The quantitative estimate of drug-likeness (QED) is 0.201. The number of hydrogen-bond acceptors (Lipinski definition) is 4. The van der Waals surface area contributed by atoms with E-state index in [-0.39, 0.29) is 0 Å². The van der Waals surface area contributed by atoms with Crippen LogP contribution in [0.2, 0.25) is 0 Å². The van der Waals surface area contributed by atoms with E-state index in [4.69, 9.17) is 14.7 Å². The average molecular weight is 602 g/mol. The third-order valence-electron chi connectivity index (χ3n) is 9.58. The van der Waals surface area contributed by atoms with Crippen LogP contribution in [-0.4, -0.2) is 9.97 Å². The molecule has 2 heterocycles. The first-order valence-corrected chi connectivity index (χ1v) is 15.7. The summed E-state index contributed by atoms with van der Waals surface area (Å²) in [6, 6.07) is 52.1. The van der Waals surface area contributed by atoms with Crippen molar-refractivity contribution in [2.24, 2.45) is 0 Å². The standard InChI is InChI=1S/C43H27N3O/c1-43-34-21-19-31(24-33(34)40-32(26-44)20-22-39(41(40)43)47-38-18-9-8-17-35(38)43)37-25-36(45-42(46-37)28-13-6-3-7-14-28)30-16-10-15-29(23-30)27-11-4-2-5-12-27/h2-25H,1H3. The lowest BCUT2D eigenvalue weighted by atomic mass is 9.72. The van der Waals surface area contributed by atoms with Crippen LogP contribution >= 0.6 is 0 Å². The van der Waals surface area contributed by atoms with E-state index >= 15 is 0 Å². The number of fused-ring (bicyclic) bond motifs is 5. The smallest absolute Gasteiger partial charge is 0.160 e. The molecule has 0 spiro atoms. The van der Waals surface area contributed by atoms with Crippen LogP contribution in [0.4, 0.5) is 0 Å². The van der Waals surface area contributed by atoms with Crippen molar-refractivity contribution in [3.05, 3.63) is 168 Å². The van der Waals surface area contributed by atoms with E-state index in [2.05, 4.69) is 97.9 Å². The number of ether oxygens (including phenoxy) is 1. The molecule has 7 aromatic rings. The monoisotopic (exact) mass is 601 g/mol. The van der Waals surface area contributed by atoms with Crippen molar-refractivity contribution in [2.45, 2.75) is 12.3 Å². The van der Waals surface area contributed by atoms with E-state index < -0.39 is 5.41 Å². The fourth-order valence-corrected chi connectivity index (χ4v) is 7.33. The van der Waals surface area contributed by atoms with Gasteiger partial charge in [-0.3, -0.25) is 0 Å². The van der Waals surface area contributed by atoms with Gasteiger partial charge in [0.15, 0.2) is 5.82 Å². The maximum Gasteiger partial charge on any atom is 0.160 e. The minimum Gasteiger partial charge on any atom is -0.457 e. The summed E-state index contributed by atoms with van der Waals surface area (Å²) in [6.07, 6.45) is 0. The Bertz CT molecular complexity index is 2410. The van der Waals surface area contributed by atoms with Crippen LogP contribution in [0.25, 0.3) is 56.2 Å². The largest absolute Gasteiger partial charge is 0.457 e. The van der Waals surface area contributed by atoms with Gasteiger partial charge in [0.25, 0.3) is 0 Å². The van der Waals surface area contributed by atoms with Gasteiger partial charge in [0, 0.05) is 33.4 Å². The summed E-state index contributed by atoms with van der Waals surface area (Å²) >= 11 is 0. The number of para-hydroxylation sites is 1. The van der Waals surface area contributed by atoms with Gasteiger partial charge in [0.05, 0.1) is 28.4 Å². The van der Waals surface area contributed by atoms with Crippen molar-refractivity contribution in [1.82, 2.24) is 9.97 Å². The lowest BCUT2D eigenvalue weighted by molar-refractivity contribution is 0.431. The van der Waals surface area contributed by atoms with E-state index in [0.717, 1.165) is 78.5 Å². The first-order valence-electron chi connectivity index (χ1n) is 15.7. The first kappa shape index (κ1) is 27.0. The number of nitriles is 1. The molecule has 0 bridgehead atoms. The maximum atomic E-state index is 10.3. The molecule has 220 valence electrons. The van der Waals surface area contributed by atoms with E-state index in [1.165, 1.54) is 0 Å². The Kier molecular flexibility index (Phi) is 5.97. The molecule has 2 aliphatic rings. The van der Waals surface area contributed by atoms with Crippen LogP contribution in [-0.2, 0) is 5.41 Å². The van der Waals surface area contributed by atoms with Crippen LogP contribution in [0.15, 0.2) is 146 Å². The summed E-state index contributed by atoms with van der Waals surface area (Å²) in [5.41, 5.74) is 12.3. The molecule has 9 rings (SSSR count). The fraction of sp³-hybridized carbons (Fsp3) is 0.0465. The zero-order chi connectivity index (χ0) is 31.5. The molecule has 0 amide bonds. The molecule has 47 heavy (non-hydrogen) atoms. The Hall–Kier alpha value is -6.31. The molecule has 0 N–H and O–H groups in total. The van der Waals surface area contributed by atoms with Crippen molar-refractivity contribution in [1.29, 1.82) is 5.26 Å². The normalized spacial score (nSPS) is 15.1. The first-order chi connectivity index (χ1) is 23.1. The van der Waals surface area contributed by atoms with Gasteiger partial charge < -0.3 is 4.74 Å². The van der Waals surface area contributed by atoms with Gasteiger partial charge in [-0.2, -0.15) is 5.26 Å². The molecular formula is C43H27N3O. The van der Waals surface area contributed by atoms with E-state index in [1.54, 1.807) is 0 Å². The second kappa shape index (κ2) is 10.4. The summed E-state index contributed by atoms with van der Waals surface area (Å²) < 4.78 is 6.42. The maximum absolute atomic E-state index is 10.3. The molecule has 4 heteroatoms. The summed E-state index contributed by atoms with van der Waals surface area (Å²) in [6.45, 7) is 2.25. The molecule has 6 aromatic carbocycles. The molecule has 0 radical (unpaired) electrons. The van der Waals surface area contributed by atoms with Crippen molar-refractivity contribution in [3.63, 3.8) is 0 Å². The van der Waals surface area contributed by atoms with Crippen molar-refractivity contribution >= 4 is 0 Å². The Balaban J connectivity index is 1.25. The van der Waals surface area contributed by atoms with Crippen LogP contribution in [0, 0.1) is 11.3 Å². The van der Waals surface area contributed by atoms with Gasteiger partial charge in [-0.1, -0.05) is 109 Å². The highest BCUT2D eigenvalue weighted by molar-refractivity contribution is 5.92. The highest BCUT2D eigenvalue weighted by Crippen LogP contribution is 2.61. The number of nitrogens with zero attached hydrogens (tertiary/aromatic N) is 3. The highest BCUT2D eigenvalue weighted by Gasteiger charge is 2.48. The van der Waals surface area contributed by atoms with Gasteiger partial charge in [-0.15, -0.1) is 0 Å². The lowest BCUT2D eigenvalue weighted by Crippen LogP contribution is -2.26. The minimum atomic E-state index is -0.454. The molecule has 0 saturated heterocycles. The molecule has 1 aliphatic carbocycles. The SMILES string of the molecule is CC12c3ccccc3Oc3ccc(C#N)c(c31)-c1cc(-c3cc(-c4cccc(-c5ccccc5)c4)nc(-c4ccccc4)n3)ccc12. The lowest BCUT2D eigenvalue weighted by Gasteiger charge is -2.35. The molecular weight excluding hydrogens is 574 g/mol. The minimum absolute atomic E-state index is 0.454. The topological polar surface area (TPSA) is 58.8 Å². The van der Waals surface area contributed by atoms with E-state index in [9.17, 15) is 5.26 Å². The predicted octanol–water partition coefficient (Wildman–Crippen LogP) is 10.5. The molecule has 1 aromatic heterocycles. The van der Waals surface area contributed by atoms with E-state index in [0.29, 0.717) is 11.4 Å². The number of aromatic nitrogens is 2. The Morgan fingerprint density at radius 2 is 1.21 bits per heavy atom. The van der Waals surface area contributed by atoms with Crippen molar-refractivity contribution in [2.75, 3.05) is 0 Å². The Morgan fingerprint density at radius 1 is 0.553 bits per heavy atom. The molecule has 1 atom stereocenters. The van der Waals surface area contributed by atoms with Gasteiger partial charge in [0.1, 0.15) is 11.5 Å². The fourth-order valence-electron chi connectivity index (χ4n) is 7.33. The number of rotatable bonds is 4. The van der Waals surface area contributed by atoms with Crippen LogP contribution < -0.4 is 4.74 Å². The van der Waals surface area contributed by atoms with Crippen LogP contribution in [0.5, 0.6) is 11.5 Å². The predicted molar refractivity (Wildman–Crippen MR) is 186 cm³/mol. The van der Waals surface area contributed by atoms with Crippen LogP contribution in [0.1, 0.15) is 29.2 Å². The third-order valence-corrected chi connectivity index (χ3v) is 9.58. The Labute approximate surface area is 273 Å². The number of hydrogen-bond donors (Lipinski definition) is 0. The molecule has 0 fully saturated rings. The summed E-state index contributed by atoms with van der Waals surface area (Å²) in [5.74, 6) is 2.31.